The number of likely N-dealkylation sites (N-methyl/N-ethyl adjacent to an activating group) is 1. The number of hydrogen-bond donors (Lipinski definition) is 1. The first-order valence-electron chi connectivity index (χ1n) is 6.79. The van der Waals surface area contributed by atoms with Gasteiger partial charge in [-0.25, -0.2) is 0 Å². The highest BCUT2D eigenvalue weighted by Crippen LogP contribution is 2.36. The maximum Gasteiger partial charge on any atom is 0.0332 e. The van der Waals surface area contributed by atoms with Crippen molar-refractivity contribution in [1.29, 1.82) is 0 Å². The molecule has 1 aliphatic carbocycles. The summed E-state index contributed by atoms with van der Waals surface area (Å²) in [7, 11) is 4.41. The molecule has 2 N–H and O–H groups in total. The molecule has 1 saturated carbocycles. The molecule has 1 aliphatic heterocycles. The summed E-state index contributed by atoms with van der Waals surface area (Å²) in [6, 6.07) is 0.734. The van der Waals surface area contributed by atoms with Gasteiger partial charge in [0.25, 0.3) is 0 Å². The van der Waals surface area contributed by atoms with E-state index in [-0.39, 0.29) is 0 Å². The van der Waals surface area contributed by atoms with E-state index >= 15 is 0 Å². The molecule has 1 heterocycles. The van der Waals surface area contributed by atoms with E-state index in [1.807, 2.05) is 0 Å². The van der Waals surface area contributed by atoms with Crippen LogP contribution in [-0.4, -0.2) is 55.1 Å². The van der Waals surface area contributed by atoms with Gasteiger partial charge >= 0.3 is 0 Å². The van der Waals surface area contributed by atoms with Gasteiger partial charge in [0.05, 0.1) is 0 Å². The molecule has 0 bridgehead atoms. The highest BCUT2D eigenvalue weighted by molar-refractivity contribution is 4.98. The standard InChI is InChI=1S/C13H27N3/c1-15(2)12-6-5-9-16(10-12)13(11-14)7-3-4-8-13/h12H,3-11,14H2,1-2H3. The number of rotatable bonds is 3. The lowest BCUT2D eigenvalue weighted by atomic mass is 9.91. The topological polar surface area (TPSA) is 32.5 Å². The molecule has 1 saturated heterocycles. The van der Waals surface area contributed by atoms with E-state index in [0.717, 1.165) is 12.6 Å². The zero-order chi connectivity index (χ0) is 11.6. The van der Waals surface area contributed by atoms with Gasteiger partial charge in [-0.05, 0) is 46.3 Å². The normalized spacial score (nSPS) is 31.1. The second-order valence-electron chi connectivity index (χ2n) is 5.84. The molecule has 0 amide bonds. The minimum Gasteiger partial charge on any atom is -0.329 e. The molecule has 3 nitrogen and oxygen atoms in total. The van der Waals surface area contributed by atoms with Crippen molar-refractivity contribution in [2.24, 2.45) is 5.73 Å². The van der Waals surface area contributed by atoms with Crippen molar-refractivity contribution in [1.82, 2.24) is 9.80 Å². The first kappa shape index (κ1) is 12.3. The van der Waals surface area contributed by atoms with Crippen molar-refractivity contribution in [3.05, 3.63) is 0 Å². The average Bonchev–Trinajstić information content (AvgIpc) is 2.79. The van der Waals surface area contributed by atoms with Gasteiger partial charge in [-0.15, -0.1) is 0 Å². The molecule has 0 aromatic heterocycles. The van der Waals surface area contributed by atoms with E-state index in [9.17, 15) is 0 Å². The Morgan fingerprint density at radius 3 is 2.50 bits per heavy atom. The van der Waals surface area contributed by atoms with Crippen LogP contribution < -0.4 is 5.73 Å². The van der Waals surface area contributed by atoms with E-state index in [1.54, 1.807) is 0 Å². The molecule has 0 aromatic rings. The van der Waals surface area contributed by atoms with Gasteiger partial charge in [0, 0.05) is 24.7 Å². The van der Waals surface area contributed by atoms with Crippen LogP contribution in [0.25, 0.3) is 0 Å². The number of nitrogens with zero attached hydrogens (tertiary/aromatic N) is 2. The molecule has 94 valence electrons. The quantitative estimate of drug-likeness (QED) is 0.785. The molecule has 2 rings (SSSR count). The van der Waals surface area contributed by atoms with Crippen molar-refractivity contribution in [3.63, 3.8) is 0 Å². The molecule has 0 aromatic carbocycles. The van der Waals surface area contributed by atoms with Crippen LogP contribution in [0.5, 0.6) is 0 Å². The third-order valence-corrected chi connectivity index (χ3v) is 4.71. The van der Waals surface area contributed by atoms with Crippen LogP contribution in [0.4, 0.5) is 0 Å². The van der Waals surface area contributed by atoms with Crippen LogP contribution in [0.3, 0.4) is 0 Å². The van der Waals surface area contributed by atoms with Crippen molar-refractivity contribution in [3.8, 4) is 0 Å². The summed E-state index contributed by atoms with van der Waals surface area (Å²) in [4.78, 5) is 5.08. The van der Waals surface area contributed by atoms with E-state index < -0.39 is 0 Å². The van der Waals surface area contributed by atoms with Crippen molar-refractivity contribution in [2.45, 2.75) is 50.1 Å². The van der Waals surface area contributed by atoms with E-state index in [1.165, 1.54) is 51.6 Å². The fourth-order valence-electron chi connectivity index (χ4n) is 3.49. The summed E-state index contributed by atoms with van der Waals surface area (Å²) in [6.07, 6.45) is 8.09. The van der Waals surface area contributed by atoms with Gasteiger partial charge < -0.3 is 10.6 Å². The van der Waals surface area contributed by atoms with Gasteiger partial charge in [-0.3, -0.25) is 4.90 Å². The van der Waals surface area contributed by atoms with Gasteiger partial charge in [0.15, 0.2) is 0 Å². The SMILES string of the molecule is CN(C)C1CCCN(C2(CN)CCCC2)C1. The Bertz CT molecular complexity index is 221. The molecular weight excluding hydrogens is 198 g/mol. The number of hydrogen-bond acceptors (Lipinski definition) is 3. The van der Waals surface area contributed by atoms with E-state index in [2.05, 4.69) is 23.9 Å². The summed E-state index contributed by atoms with van der Waals surface area (Å²) < 4.78 is 0. The second-order valence-corrected chi connectivity index (χ2v) is 5.84. The largest absolute Gasteiger partial charge is 0.329 e. The maximum atomic E-state index is 6.07. The minimum atomic E-state index is 0.356. The predicted molar refractivity (Wildman–Crippen MR) is 68.5 cm³/mol. The highest BCUT2D eigenvalue weighted by Gasteiger charge is 2.40. The second kappa shape index (κ2) is 5.03. The lowest BCUT2D eigenvalue weighted by Gasteiger charge is -2.46. The number of likely N-dealkylation sites (tertiary alicyclic amines) is 1. The molecular formula is C13H27N3. The van der Waals surface area contributed by atoms with Crippen LogP contribution in [0.15, 0.2) is 0 Å². The van der Waals surface area contributed by atoms with Gasteiger partial charge in [-0.2, -0.15) is 0 Å². The lowest BCUT2D eigenvalue weighted by Crippen LogP contribution is -2.58. The molecule has 1 unspecified atom stereocenters. The first-order chi connectivity index (χ1) is 7.68. The summed E-state index contributed by atoms with van der Waals surface area (Å²) in [5.74, 6) is 0. The molecule has 2 fully saturated rings. The van der Waals surface area contributed by atoms with Crippen molar-refractivity contribution < 1.29 is 0 Å². The third kappa shape index (κ3) is 2.27. The van der Waals surface area contributed by atoms with Crippen LogP contribution in [0, 0.1) is 0 Å². The Balaban J connectivity index is 2.02. The fourth-order valence-corrected chi connectivity index (χ4v) is 3.49. The number of piperidine rings is 1. The van der Waals surface area contributed by atoms with Crippen LogP contribution in [0.1, 0.15) is 38.5 Å². The Morgan fingerprint density at radius 1 is 1.25 bits per heavy atom. The van der Waals surface area contributed by atoms with E-state index in [0.29, 0.717) is 5.54 Å². The van der Waals surface area contributed by atoms with Crippen molar-refractivity contribution in [2.75, 3.05) is 33.7 Å². The third-order valence-electron chi connectivity index (χ3n) is 4.71. The van der Waals surface area contributed by atoms with Gasteiger partial charge in [0.2, 0.25) is 0 Å². The maximum absolute atomic E-state index is 6.07. The Labute approximate surface area is 100.0 Å². The van der Waals surface area contributed by atoms with Crippen LogP contribution >= 0.6 is 0 Å². The van der Waals surface area contributed by atoms with Gasteiger partial charge in [-0.1, -0.05) is 12.8 Å². The van der Waals surface area contributed by atoms with Crippen LogP contribution in [-0.2, 0) is 0 Å². The molecule has 16 heavy (non-hydrogen) atoms. The lowest BCUT2D eigenvalue weighted by molar-refractivity contribution is 0.0385. The zero-order valence-corrected chi connectivity index (χ0v) is 10.9. The molecule has 0 radical (unpaired) electrons. The highest BCUT2D eigenvalue weighted by atomic mass is 15.3. The molecule has 0 spiro atoms. The summed E-state index contributed by atoms with van der Waals surface area (Å²) in [6.45, 7) is 3.35. The first-order valence-corrected chi connectivity index (χ1v) is 6.79. The fraction of sp³-hybridized carbons (Fsp3) is 1.00. The summed E-state index contributed by atoms with van der Waals surface area (Å²) >= 11 is 0. The predicted octanol–water partition coefficient (Wildman–Crippen LogP) is 1.28. The minimum absolute atomic E-state index is 0.356. The van der Waals surface area contributed by atoms with Crippen LogP contribution in [0.2, 0.25) is 0 Å². The Morgan fingerprint density at radius 2 is 1.94 bits per heavy atom. The number of nitrogens with two attached hydrogens (primary N) is 1. The Hall–Kier alpha value is -0.120. The monoisotopic (exact) mass is 225 g/mol. The summed E-state index contributed by atoms with van der Waals surface area (Å²) in [5, 5.41) is 0. The summed E-state index contributed by atoms with van der Waals surface area (Å²) in [5.41, 5.74) is 6.42. The average molecular weight is 225 g/mol. The molecule has 3 heteroatoms. The van der Waals surface area contributed by atoms with Crippen molar-refractivity contribution >= 4 is 0 Å². The smallest absolute Gasteiger partial charge is 0.0332 e. The zero-order valence-electron chi connectivity index (χ0n) is 10.9. The van der Waals surface area contributed by atoms with E-state index in [4.69, 9.17) is 5.73 Å². The Kier molecular flexibility index (Phi) is 3.88. The molecule has 2 aliphatic rings. The van der Waals surface area contributed by atoms with Gasteiger partial charge in [0.1, 0.15) is 0 Å². The molecule has 1 atom stereocenters.